The second kappa shape index (κ2) is 6.13. The molecule has 0 bridgehead atoms. The molecule has 0 saturated carbocycles. The van der Waals surface area contributed by atoms with E-state index in [2.05, 4.69) is 16.0 Å². The van der Waals surface area contributed by atoms with Crippen LogP contribution in [0.2, 0.25) is 0 Å². The Morgan fingerprint density at radius 2 is 1.84 bits per heavy atom. The normalized spacial score (nSPS) is 9.37. The van der Waals surface area contributed by atoms with Gasteiger partial charge in [0.25, 0.3) is 0 Å². The maximum atomic E-state index is 8.74. The van der Waals surface area contributed by atoms with Gasteiger partial charge in [-0.3, -0.25) is 0 Å². The molecule has 0 unspecified atom stereocenters. The molecule has 0 aliphatic carbocycles. The lowest BCUT2D eigenvalue weighted by atomic mass is 10.2. The number of nitrogens with zero attached hydrogens (tertiary/aromatic N) is 5. The number of hydrogen-bond donors (Lipinski definition) is 0. The van der Waals surface area contributed by atoms with Crippen LogP contribution in [0.15, 0.2) is 42.7 Å². The van der Waals surface area contributed by atoms with E-state index in [-0.39, 0.29) is 5.69 Å². The maximum absolute atomic E-state index is 8.74. The summed E-state index contributed by atoms with van der Waals surface area (Å²) in [7, 11) is 0. The van der Waals surface area contributed by atoms with E-state index < -0.39 is 0 Å². The van der Waals surface area contributed by atoms with Crippen molar-refractivity contribution in [2.24, 2.45) is 0 Å². The van der Waals surface area contributed by atoms with E-state index in [1.165, 1.54) is 6.20 Å². The lowest BCUT2D eigenvalue weighted by Gasteiger charge is -2.22. The molecule has 0 fully saturated rings. The van der Waals surface area contributed by atoms with Crippen LogP contribution in [0, 0.1) is 22.7 Å². The van der Waals surface area contributed by atoms with Gasteiger partial charge in [-0.15, -0.1) is 0 Å². The van der Waals surface area contributed by atoms with Gasteiger partial charge in [0.15, 0.2) is 11.5 Å². The van der Waals surface area contributed by atoms with Gasteiger partial charge in [-0.05, 0) is 12.1 Å². The highest BCUT2D eigenvalue weighted by atomic mass is 15.2. The summed E-state index contributed by atoms with van der Waals surface area (Å²) in [5.41, 5.74) is 1.22. The minimum atomic E-state index is 0.275. The fourth-order valence-corrected chi connectivity index (χ4v) is 1.66. The van der Waals surface area contributed by atoms with Crippen molar-refractivity contribution in [1.82, 2.24) is 9.97 Å². The lowest BCUT2D eigenvalue weighted by molar-refractivity contribution is 0.917. The van der Waals surface area contributed by atoms with Crippen LogP contribution in [0.5, 0.6) is 0 Å². The van der Waals surface area contributed by atoms with Crippen molar-refractivity contribution in [3.8, 4) is 12.1 Å². The molecule has 5 nitrogen and oxygen atoms in total. The summed E-state index contributed by atoms with van der Waals surface area (Å²) in [6.45, 7) is 0.529. The number of benzene rings is 1. The van der Waals surface area contributed by atoms with Crippen molar-refractivity contribution in [3.63, 3.8) is 0 Å². The molecule has 1 aromatic heterocycles. The van der Waals surface area contributed by atoms with E-state index >= 15 is 0 Å². The van der Waals surface area contributed by atoms with Crippen LogP contribution in [0.3, 0.4) is 0 Å². The summed E-state index contributed by atoms with van der Waals surface area (Å²) >= 11 is 0. The van der Waals surface area contributed by atoms with Crippen LogP contribution in [0.25, 0.3) is 0 Å². The van der Waals surface area contributed by atoms with Crippen LogP contribution in [-0.4, -0.2) is 16.5 Å². The van der Waals surface area contributed by atoms with E-state index in [1.54, 1.807) is 6.20 Å². The minimum Gasteiger partial charge on any atom is -0.324 e. The lowest BCUT2D eigenvalue weighted by Crippen LogP contribution is -2.19. The molecule has 5 heteroatoms. The number of anilines is 2. The van der Waals surface area contributed by atoms with E-state index in [0.29, 0.717) is 18.8 Å². The fraction of sp³-hybridized carbons (Fsp3) is 0.143. The summed E-state index contributed by atoms with van der Waals surface area (Å²) in [5, 5.41) is 17.5. The van der Waals surface area contributed by atoms with Gasteiger partial charge in [0, 0.05) is 12.2 Å². The van der Waals surface area contributed by atoms with Crippen molar-refractivity contribution in [2.75, 3.05) is 11.4 Å². The first-order valence-electron chi connectivity index (χ1n) is 5.77. The number of hydrogen-bond acceptors (Lipinski definition) is 5. The van der Waals surface area contributed by atoms with Crippen molar-refractivity contribution in [1.29, 1.82) is 10.5 Å². The van der Waals surface area contributed by atoms with Crippen molar-refractivity contribution in [3.05, 3.63) is 48.4 Å². The van der Waals surface area contributed by atoms with E-state index in [9.17, 15) is 0 Å². The summed E-state index contributed by atoms with van der Waals surface area (Å²) in [5.74, 6) is 0.625. The van der Waals surface area contributed by atoms with Gasteiger partial charge in [-0.25, -0.2) is 9.97 Å². The van der Waals surface area contributed by atoms with Crippen molar-refractivity contribution < 1.29 is 0 Å². The molecule has 0 aliphatic rings. The second-order valence-corrected chi connectivity index (χ2v) is 3.77. The van der Waals surface area contributed by atoms with Gasteiger partial charge >= 0.3 is 0 Å². The average molecular weight is 249 g/mol. The molecule has 2 rings (SSSR count). The van der Waals surface area contributed by atoms with E-state index in [4.69, 9.17) is 10.5 Å². The molecule has 0 spiro atoms. The van der Waals surface area contributed by atoms with Crippen LogP contribution >= 0.6 is 0 Å². The van der Waals surface area contributed by atoms with Crippen LogP contribution in [0.1, 0.15) is 12.1 Å². The standard InChI is InChI=1S/C14H11N5/c15-7-4-8-19(13-5-2-1-3-6-13)14-11-17-12(9-16)10-18-14/h1-3,5-6,10-11H,4,8H2. The third-order valence-electron chi connectivity index (χ3n) is 2.54. The largest absolute Gasteiger partial charge is 0.324 e. The number of aromatic nitrogens is 2. The summed E-state index contributed by atoms with van der Waals surface area (Å²) in [6.07, 6.45) is 3.36. The Morgan fingerprint density at radius 3 is 2.42 bits per heavy atom. The van der Waals surface area contributed by atoms with Gasteiger partial charge in [-0.1, -0.05) is 18.2 Å². The van der Waals surface area contributed by atoms with Gasteiger partial charge in [0.05, 0.1) is 24.9 Å². The number of nitriles is 2. The SMILES string of the molecule is N#CCCN(c1ccccc1)c1cnc(C#N)cn1. The predicted molar refractivity (Wildman–Crippen MR) is 70.4 cm³/mol. The first kappa shape index (κ1) is 12.5. The maximum Gasteiger partial charge on any atom is 0.158 e. The van der Waals surface area contributed by atoms with Gasteiger partial charge < -0.3 is 4.90 Å². The molecule has 0 atom stereocenters. The summed E-state index contributed by atoms with van der Waals surface area (Å²) < 4.78 is 0. The molecule has 0 amide bonds. The molecule has 0 saturated heterocycles. The van der Waals surface area contributed by atoms with E-state index in [0.717, 1.165) is 5.69 Å². The highest BCUT2D eigenvalue weighted by molar-refractivity contribution is 5.59. The molecule has 19 heavy (non-hydrogen) atoms. The summed E-state index contributed by atoms with van der Waals surface area (Å²) in [4.78, 5) is 10.1. The molecule has 0 N–H and O–H groups in total. The first-order valence-corrected chi connectivity index (χ1v) is 5.77. The highest BCUT2D eigenvalue weighted by Gasteiger charge is 2.10. The minimum absolute atomic E-state index is 0.275. The molecule has 0 aliphatic heterocycles. The second-order valence-electron chi connectivity index (χ2n) is 3.77. The molecular weight excluding hydrogens is 238 g/mol. The third-order valence-corrected chi connectivity index (χ3v) is 2.54. The Balaban J connectivity index is 2.32. The Labute approximate surface area is 111 Å². The Morgan fingerprint density at radius 1 is 1.05 bits per heavy atom. The fourth-order valence-electron chi connectivity index (χ4n) is 1.66. The molecule has 2 aromatic rings. The zero-order chi connectivity index (χ0) is 13.5. The van der Waals surface area contributed by atoms with Gasteiger partial charge in [0.1, 0.15) is 6.07 Å². The number of para-hydroxylation sites is 1. The molecule has 0 radical (unpaired) electrons. The Hall–Kier alpha value is -2.92. The quantitative estimate of drug-likeness (QED) is 0.831. The Bertz CT molecular complexity index is 607. The average Bonchev–Trinajstić information content (AvgIpc) is 2.49. The molecular formula is C14H11N5. The zero-order valence-corrected chi connectivity index (χ0v) is 10.2. The predicted octanol–water partition coefficient (Wildman–Crippen LogP) is 2.40. The monoisotopic (exact) mass is 249 g/mol. The third kappa shape index (κ3) is 3.05. The molecule has 1 aromatic carbocycles. The Kier molecular flexibility index (Phi) is 4.05. The van der Waals surface area contributed by atoms with E-state index in [1.807, 2.05) is 41.3 Å². The zero-order valence-electron chi connectivity index (χ0n) is 10.2. The van der Waals surface area contributed by atoms with Gasteiger partial charge in [0.2, 0.25) is 0 Å². The van der Waals surface area contributed by atoms with Gasteiger partial charge in [-0.2, -0.15) is 10.5 Å². The first-order chi connectivity index (χ1) is 9.35. The van der Waals surface area contributed by atoms with Crippen LogP contribution in [-0.2, 0) is 0 Å². The molecule has 1 heterocycles. The smallest absolute Gasteiger partial charge is 0.158 e. The van der Waals surface area contributed by atoms with Crippen LogP contribution in [0.4, 0.5) is 11.5 Å². The summed E-state index contributed by atoms with van der Waals surface area (Å²) in [6, 6.07) is 13.7. The topological polar surface area (TPSA) is 76.6 Å². The van der Waals surface area contributed by atoms with Crippen LogP contribution < -0.4 is 4.90 Å². The van der Waals surface area contributed by atoms with Crippen molar-refractivity contribution >= 4 is 11.5 Å². The van der Waals surface area contributed by atoms with Crippen molar-refractivity contribution in [2.45, 2.75) is 6.42 Å². The molecule has 92 valence electrons. The number of rotatable bonds is 4. The highest BCUT2D eigenvalue weighted by Crippen LogP contribution is 2.22.